The molecule has 0 saturated carbocycles. The zero-order valence-corrected chi connectivity index (χ0v) is 17.6. The van der Waals surface area contributed by atoms with Gasteiger partial charge in [0.25, 0.3) is 0 Å². The SMILES string of the molecule is CCn1c(SCC(=O)Nc2cc(Cl)ccc2OC)nnc1-c1ccc(Cl)cc1. The van der Waals surface area contributed by atoms with Crippen molar-refractivity contribution in [3.63, 3.8) is 0 Å². The molecule has 2 aromatic carbocycles. The van der Waals surface area contributed by atoms with Gasteiger partial charge >= 0.3 is 0 Å². The average Bonchev–Trinajstić information content (AvgIpc) is 3.10. The summed E-state index contributed by atoms with van der Waals surface area (Å²) < 4.78 is 7.20. The van der Waals surface area contributed by atoms with Gasteiger partial charge in [-0.2, -0.15) is 0 Å². The number of nitrogens with zero attached hydrogens (tertiary/aromatic N) is 3. The molecule has 0 radical (unpaired) electrons. The monoisotopic (exact) mass is 436 g/mol. The number of ether oxygens (including phenoxy) is 1. The van der Waals surface area contributed by atoms with Crippen LogP contribution in [-0.4, -0.2) is 33.5 Å². The van der Waals surface area contributed by atoms with E-state index in [1.165, 1.54) is 18.9 Å². The maximum atomic E-state index is 12.4. The van der Waals surface area contributed by atoms with E-state index < -0.39 is 0 Å². The maximum Gasteiger partial charge on any atom is 0.234 e. The summed E-state index contributed by atoms with van der Waals surface area (Å²) in [5.74, 6) is 1.27. The first-order valence-corrected chi connectivity index (χ1v) is 10.2. The van der Waals surface area contributed by atoms with Gasteiger partial charge in [-0.3, -0.25) is 4.79 Å². The van der Waals surface area contributed by atoms with E-state index in [1.807, 2.05) is 35.8 Å². The van der Waals surface area contributed by atoms with E-state index in [0.29, 0.717) is 33.2 Å². The number of benzene rings is 2. The van der Waals surface area contributed by atoms with Gasteiger partial charge < -0.3 is 14.6 Å². The second kappa shape index (κ2) is 9.32. The predicted molar refractivity (Wildman–Crippen MR) is 113 cm³/mol. The van der Waals surface area contributed by atoms with E-state index >= 15 is 0 Å². The van der Waals surface area contributed by atoms with Crippen LogP contribution in [0.25, 0.3) is 11.4 Å². The van der Waals surface area contributed by atoms with Crippen LogP contribution in [0.4, 0.5) is 5.69 Å². The largest absolute Gasteiger partial charge is 0.495 e. The highest BCUT2D eigenvalue weighted by Gasteiger charge is 2.15. The van der Waals surface area contributed by atoms with Crippen molar-refractivity contribution in [3.05, 3.63) is 52.5 Å². The van der Waals surface area contributed by atoms with Crippen molar-refractivity contribution in [2.24, 2.45) is 0 Å². The maximum absolute atomic E-state index is 12.4. The van der Waals surface area contributed by atoms with Gasteiger partial charge in [0.1, 0.15) is 5.75 Å². The molecule has 1 N–H and O–H groups in total. The Morgan fingerprint density at radius 3 is 2.54 bits per heavy atom. The van der Waals surface area contributed by atoms with E-state index in [2.05, 4.69) is 15.5 Å². The molecule has 0 bridgehead atoms. The highest BCUT2D eigenvalue weighted by molar-refractivity contribution is 7.99. The molecule has 28 heavy (non-hydrogen) atoms. The molecule has 1 heterocycles. The van der Waals surface area contributed by atoms with Crippen molar-refractivity contribution < 1.29 is 9.53 Å². The Hall–Kier alpha value is -2.22. The van der Waals surface area contributed by atoms with Crippen LogP contribution >= 0.6 is 35.0 Å². The van der Waals surface area contributed by atoms with E-state index in [-0.39, 0.29) is 11.7 Å². The number of nitrogens with one attached hydrogen (secondary N) is 1. The fraction of sp³-hybridized carbons (Fsp3) is 0.211. The zero-order chi connectivity index (χ0) is 20.1. The molecule has 0 spiro atoms. The fourth-order valence-electron chi connectivity index (χ4n) is 2.59. The van der Waals surface area contributed by atoms with Gasteiger partial charge in [0.2, 0.25) is 5.91 Å². The fourth-order valence-corrected chi connectivity index (χ4v) is 3.69. The van der Waals surface area contributed by atoms with E-state index in [1.54, 1.807) is 18.2 Å². The molecule has 1 aromatic heterocycles. The van der Waals surface area contributed by atoms with Crippen molar-refractivity contribution in [1.29, 1.82) is 0 Å². The van der Waals surface area contributed by atoms with Crippen molar-refractivity contribution >= 4 is 46.6 Å². The molecule has 0 atom stereocenters. The summed E-state index contributed by atoms with van der Waals surface area (Å²) in [7, 11) is 1.54. The normalized spacial score (nSPS) is 10.7. The minimum absolute atomic E-state index is 0.175. The number of hydrogen-bond donors (Lipinski definition) is 1. The first-order chi connectivity index (χ1) is 13.5. The Morgan fingerprint density at radius 2 is 1.86 bits per heavy atom. The number of rotatable bonds is 7. The average molecular weight is 437 g/mol. The van der Waals surface area contributed by atoms with E-state index in [4.69, 9.17) is 27.9 Å². The predicted octanol–water partition coefficient (Wildman–Crippen LogP) is 5.01. The minimum atomic E-state index is -0.190. The number of carbonyl (C=O) groups is 1. The number of anilines is 1. The Bertz CT molecular complexity index is 977. The lowest BCUT2D eigenvalue weighted by atomic mass is 10.2. The second-order valence-corrected chi connectivity index (χ2v) is 7.55. The highest BCUT2D eigenvalue weighted by atomic mass is 35.5. The molecule has 0 fully saturated rings. The van der Waals surface area contributed by atoms with Crippen molar-refractivity contribution in [2.45, 2.75) is 18.6 Å². The number of amides is 1. The summed E-state index contributed by atoms with van der Waals surface area (Å²) in [6, 6.07) is 12.5. The molecule has 0 saturated heterocycles. The first-order valence-electron chi connectivity index (χ1n) is 8.47. The van der Waals surface area contributed by atoms with Gasteiger partial charge in [-0.25, -0.2) is 0 Å². The van der Waals surface area contributed by atoms with Crippen LogP contribution in [0.15, 0.2) is 47.6 Å². The molecule has 146 valence electrons. The number of methoxy groups -OCH3 is 1. The Morgan fingerprint density at radius 1 is 1.14 bits per heavy atom. The van der Waals surface area contributed by atoms with Crippen LogP contribution < -0.4 is 10.1 Å². The standard InChI is InChI=1S/C19H18Cl2N4O2S/c1-3-25-18(12-4-6-13(20)7-5-12)23-24-19(25)28-11-17(26)22-15-10-14(21)8-9-16(15)27-2/h4-10H,3,11H2,1-2H3,(H,22,26). The zero-order valence-electron chi connectivity index (χ0n) is 15.3. The lowest BCUT2D eigenvalue weighted by Crippen LogP contribution is -2.15. The molecule has 0 unspecified atom stereocenters. The van der Waals surface area contributed by atoms with E-state index in [9.17, 15) is 4.79 Å². The van der Waals surface area contributed by atoms with Crippen LogP contribution in [-0.2, 0) is 11.3 Å². The molecular formula is C19H18Cl2N4O2S. The van der Waals surface area contributed by atoms with E-state index in [0.717, 1.165) is 11.4 Å². The molecule has 3 aromatic rings. The molecule has 3 rings (SSSR count). The molecular weight excluding hydrogens is 419 g/mol. The molecule has 9 heteroatoms. The number of halogens is 2. The van der Waals surface area contributed by atoms with Gasteiger partial charge in [-0.1, -0.05) is 35.0 Å². The van der Waals surface area contributed by atoms with Crippen LogP contribution in [0, 0.1) is 0 Å². The van der Waals surface area contributed by atoms with Crippen molar-refractivity contribution in [1.82, 2.24) is 14.8 Å². The quantitative estimate of drug-likeness (QED) is 0.527. The Labute approximate surface area is 177 Å². The summed E-state index contributed by atoms with van der Waals surface area (Å²) in [6.07, 6.45) is 0. The number of hydrogen-bond acceptors (Lipinski definition) is 5. The first kappa shape index (κ1) is 20.5. The van der Waals surface area contributed by atoms with Crippen LogP contribution in [0.5, 0.6) is 5.75 Å². The highest BCUT2D eigenvalue weighted by Crippen LogP contribution is 2.29. The molecule has 0 aliphatic carbocycles. The summed E-state index contributed by atoms with van der Waals surface area (Å²) >= 11 is 13.3. The second-order valence-electron chi connectivity index (χ2n) is 5.74. The van der Waals surface area contributed by atoms with Crippen molar-refractivity contribution in [2.75, 3.05) is 18.2 Å². The third kappa shape index (κ3) is 4.79. The lowest BCUT2D eigenvalue weighted by molar-refractivity contribution is -0.113. The lowest BCUT2D eigenvalue weighted by Gasteiger charge is -2.11. The molecule has 0 aliphatic heterocycles. The number of carbonyl (C=O) groups excluding carboxylic acids is 1. The molecule has 0 aliphatic rings. The Kier molecular flexibility index (Phi) is 6.83. The van der Waals surface area contributed by atoms with Gasteiger partial charge in [0.15, 0.2) is 11.0 Å². The summed E-state index contributed by atoms with van der Waals surface area (Å²) in [4.78, 5) is 12.4. The summed E-state index contributed by atoms with van der Waals surface area (Å²) in [5, 5.41) is 13.2. The summed E-state index contributed by atoms with van der Waals surface area (Å²) in [6.45, 7) is 2.68. The van der Waals surface area contributed by atoms with Crippen LogP contribution in [0.1, 0.15) is 6.92 Å². The van der Waals surface area contributed by atoms with Gasteiger partial charge in [-0.15, -0.1) is 10.2 Å². The smallest absolute Gasteiger partial charge is 0.234 e. The topological polar surface area (TPSA) is 69.0 Å². The molecule has 1 amide bonds. The van der Waals surface area contributed by atoms with Gasteiger partial charge in [0, 0.05) is 22.2 Å². The van der Waals surface area contributed by atoms with Crippen LogP contribution in [0.3, 0.4) is 0 Å². The Balaban J connectivity index is 1.70. The molecule has 6 nitrogen and oxygen atoms in total. The third-order valence-corrected chi connectivity index (χ3v) is 5.36. The van der Waals surface area contributed by atoms with Crippen LogP contribution in [0.2, 0.25) is 10.0 Å². The third-order valence-electron chi connectivity index (χ3n) is 3.90. The van der Waals surface area contributed by atoms with Crippen molar-refractivity contribution in [3.8, 4) is 17.1 Å². The van der Waals surface area contributed by atoms with Gasteiger partial charge in [-0.05, 0) is 49.4 Å². The minimum Gasteiger partial charge on any atom is -0.495 e. The number of thioether (sulfide) groups is 1. The number of aromatic nitrogens is 3. The van der Waals surface area contributed by atoms with Gasteiger partial charge in [0.05, 0.1) is 18.6 Å². The summed E-state index contributed by atoms with van der Waals surface area (Å²) in [5.41, 5.74) is 1.44.